The Balaban J connectivity index is 3.02. The molecular weight excluding hydrogens is 176 g/mol. The van der Waals surface area contributed by atoms with Crippen molar-refractivity contribution in [1.82, 2.24) is 0 Å². The molecule has 0 atom stereocenters. The van der Waals surface area contributed by atoms with E-state index in [1.807, 2.05) is 0 Å². The minimum absolute atomic E-state index is 0.622. The van der Waals surface area contributed by atoms with Gasteiger partial charge in [-0.05, 0) is 18.2 Å². The molecule has 0 aliphatic heterocycles. The Hall–Kier alpha value is -0.870. The third kappa shape index (κ3) is 1.84. The second-order valence-electron chi connectivity index (χ2n) is 2.11. The van der Waals surface area contributed by atoms with E-state index in [0.717, 1.165) is 4.90 Å². The van der Waals surface area contributed by atoms with Gasteiger partial charge in [0.2, 0.25) is 0 Å². The maximum absolute atomic E-state index is 8.74. The predicted molar refractivity (Wildman–Crippen MR) is 48.0 cm³/mol. The zero-order valence-corrected chi connectivity index (χ0v) is 7.72. The normalized spacial score (nSPS) is 9.58. The molecule has 0 aromatic heterocycles. The Morgan fingerprint density at radius 1 is 1.17 bits per heavy atom. The molecule has 1 aromatic carbocycles. The van der Waals surface area contributed by atoms with Gasteiger partial charge >= 0.3 is 0 Å². The lowest BCUT2D eigenvalue weighted by Gasteiger charge is -2.07. The van der Waals surface area contributed by atoms with Crippen LogP contribution >= 0.6 is 12.0 Å². The van der Waals surface area contributed by atoms with Gasteiger partial charge in [0.1, 0.15) is 0 Å². The third-order valence-electron chi connectivity index (χ3n) is 1.46. The van der Waals surface area contributed by atoms with Crippen LogP contribution in [0.15, 0.2) is 23.1 Å². The van der Waals surface area contributed by atoms with Crippen molar-refractivity contribution < 1.29 is 14.0 Å². The highest BCUT2D eigenvalue weighted by Gasteiger charge is 2.03. The second kappa shape index (κ2) is 4.23. The van der Waals surface area contributed by atoms with Gasteiger partial charge in [-0.15, -0.1) is 0 Å². The Bertz CT molecular complexity index is 262. The summed E-state index contributed by atoms with van der Waals surface area (Å²) < 4.78 is 18.8. The first-order valence-corrected chi connectivity index (χ1v) is 4.12. The van der Waals surface area contributed by atoms with E-state index >= 15 is 0 Å². The van der Waals surface area contributed by atoms with Crippen molar-refractivity contribution in [1.29, 1.82) is 0 Å². The van der Waals surface area contributed by atoms with Crippen molar-refractivity contribution in [2.45, 2.75) is 4.90 Å². The van der Waals surface area contributed by atoms with Crippen molar-refractivity contribution in [3.8, 4) is 11.5 Å². The highest BCUT2D eigenvalue weighted by atomic mass is 32.2. The van der Waals surface area contributed by atoms with Gasteiger partial charge < -0.3 is 14.0 Å². The van der Waals surface area contributed by atoms with E-state index in [2.05, 4.69) is 0 Å². The molecule has 1 rings (SSSR count). The molecule has 0 heterocycles. The molecule has 4 heteroatoms. The monoisotopic (exact) mass is 186 g/mol. The van der Waals surface area contributed by atoms with Crippen molar-refractivity contribution in [3.63, 3.8) is 0 Å². The Morgan fingerprint density at radius 2 is 1.83 bits per heavy atom. The minimum atomic E-state index is 0.622. The molecule has 66 valence electrons. The summed E-state index contributed by atoms with van der Waals surface area (Å²) in [4.78, 5) is 0.729. The van der Waals surface area contributed by atoms with Crippen LogP contribution in [0.3, 0.4) is 0 Å². The van der Waals surface area contributed by atoms with Crippen LogP contribution in [0.4, 0.5) is 0 Å². The van der Waals surface area contributed by atoms with Gasteiger partial charge in [-0.2, -0.15) is 0 Å². The fraction of sp³-hybridized carbons (Fsp3) is 0.250. The molecule has 1 aromatic rings. The number of benzene rings is 1. The summed E-state index contributed by atoms with van der Waals surface area (Å²) in [6.07, 6.45) is 0. The maximum Gasteiger partial charge on any atom is 0.161 e. The molecule has 0 aliphatic rings. The predicted octanol–water partition coefficient (Wildman–Crippen LogP) is 2.27. The second-order valence-corrected chi connectivity index (χ2v) is 2.76. The summed E-state index contributed by atoms with van der Waals surface area (Å²) in [5.74, 6) is 1.28. The van der Waals surface area contributed by atoms with Crippen LogP contribution in [-0.4, -0.2) is 18.8 Å². The lowest BCUT2D eigenvalue weighted by Crippen LogP contribution is -1.89. The zero-order valence-electron chi connectivity index (χ0n) is 6.90. The van der Waals surface area contributed by atoms with Gasteiger partial charge in [0.15, 0.2) is 11.5 Å². The van der Waals surface area contributed by atoms with Crippen LogP contribution in [0, 0.1) is 0 Å². The molecule has 0 amide bonds. The molecule has 0 spiro atoms. The van der Waals surface area contributed by atoms with E-state index in [0.29, 0.717) is 23.5 Å². The summed E-state index contributed by atoms with van der Waals surface area (Å²) >= 11 is 0.682. The van der Waals surface area contributed by atoms with Crippen LogP contribution in [0.25, 0.3) is 0 Å². The topological polar surface area (TPSA) is 38.7 Å². The zero-order chi connectivity index (χ0) is 8.97. The van der Waals surface area contributed by atoms with Gasteiger partial charge in [0.05, 0.1) is 14.2 Å². The molecule has 0 unspecified atom stereocenters. The summed E-state index contributed by atoms with van der Waals surface area (Å²) in [6.45, 7) is 0. The molecule has 12 heavy (non-hydrogen) atoms. The quantitative estimate of drug-likeness (QED) is 0.735. The van der Waals surface area contributed by atoms with Crippen LogP contribution in [0.5, 0.6) is 11.5 Å². The van der Waals surface area contributed by atoms with Gasteiger partial charge in [-0.3, -0.25) is 0 Å². The Kier molecular flexibility index (Phi) is 3.25. The first kappa shape index (κ1) is 9.22. The molecule has 1 N–H and O–H groups in total. The van der Waals surface area contributed by atoms with Crippen LogP contribution < -0.4 is 9.47 Å². The number of rotatable bonds is 3. The van der Waals surface area contributed by atoms with Crippen LogP contribution in [-0.2, 0) is 0 Å². The smallest absolute Gasteiger partial charge is 0.161 e. The third-order valence-corrected chi connectivity index (χ3v) is 1.93. The highest BCUT2D eigenvalue weighted by Crippen LogP contribution is 2.30. The van der Waals surface area contributed by atoms with Gasteiger partial charge in [0.25, 0.3) is 0 Å². The SMILES string of the molecule is COc1ccc(SO)cc1OC. The van der Waals surface area contributed by atoms with Gasteiger partial charge in [-0.25, -0.2) is 0 Å². The number of hydrogen-bond acceptors (Lipinski definition) is 4. The van der Waals surface area contributed by atoms with Crippen molar-refractivity contribution >= 4 is 12.0 Å². The largest absolute Gasteiger partial charge is 0.493 e. The minimum Gasteiger partial charge on any atom is -0.493 e. The van der Waals surface area contributed by atoms with Crippen molar-refractivity contribution in [2.75, 3.05) is 14.2 Å². The summed E-state index contributed by atoms with van der Waals surface area (Å²) in [5.41, 5.74) is 0. The van der Waals surface area contributed by atoms with E-state index in [1.165, 1.54) is 0 Å². The van der Waals surface area contributed by atoms with E-state index in [-0.39, 0.29) is 0 Å². The molecule has 0 saturated carbocycles. The highest BCUT2D eigenvalue weighted by molar-refractivity contribution is 7.93. The van der Waals surface area contributed by atoms with Crippen LogP contribution in [0.2, 0.25) is 0 Å². The summed E-state index contributed by atoms with van der Waals surface area (Å²) in [5, 5.41) is 0. The fourth-order valence-electron chi connectivity index (χ4n) is 0.873. The molecule has 0 fully saturated rings. The standard InChI is InChI=1S/C8H10O3S/c1-10-7-4-3-6(12-9)5-8(7)11-2/h3-5,9H,1-2H3. The number of methoxy groups -OCH3 is 2. The molecule has 3 nitrogen and oxygen atoms in total. The first-order chi connectivity index (χ1) is 5.81. The van der Waals surface area contributed by atoms with E-state index in [4.69, 9.17) is 14.0 Å². The molecular formula is C8H10O3S. The lowest BCUT2D eigenvalue weighted by atomic mass is 10.3. The van der Waals surface area contributed by atoms with Crippen LogP contribution in [0.1, 0.15) is 0 Å². The summed E-state index contributed by atoms with van der Waals surface area (Å²) in [6, 6.07) is 5.22. The average molecular weight is 186 g/mol. The van der Waals surface area contributed by atoms with Gasteiger partial charge in [0, 0.05) is 16.9 Å². The number of hydrogen-bond donors (Lipinski definition) is 1. The van der Waals surface area contributed by atoms with Crippen molar-refractivity contribution in [2.24, 2.45) is 0 Å². The first-order valence-electron chi connectivity index (χ1n) is 3.35. The Morgan fingerprint density at radius 3 is 2.33 bits per heavy atom. The summed E-state index contributed by atoms with van der Waals surface area (Å²) in [7, 11) is 3.13. The Labute approximate surface area is 75.5 Å². The molecule has 0 saturated heterocycles. The van der Waals surface area contributed by atoms with Gasteiger partial charge in [-0.1, -0.05) is 0 Å². The van der Waals surface area contributed by atoms with Crippen molar-refractivity contribution in [3.05, 3.63) is 18.2 Å². The van der Waals surface area contributed by atoms with E-state index < -0.39 is 0 Å². The fourth-order valence-corrected chi connectivity index (χ4v) is 1.16. The average Bonchev–Trinajstić information content (AvgIpc) is 2.16. The molecule has 0 radical (unpaired) electrons. The maximum atomic E-state index is 8.74. The lowest BCUT2D eigenvalue weighted by molar-refractivity contribution is 0.354. The number of ether oxygens (including phenoxy) is 2. The van der Waals surface area contributed by atoms with E-state index in [1.54, 1.807) is 32.4 Å². The molecule has 0 bridgehead atoms. The van der Waals surface area contributed by atoms with E-state index in [9.17, 15) is 0 Å². The molecule has 0 aliphatic carbocycles.